The topological polar surface area (TPSA) is 88.8 Å². The van der Waals surface area contributed by atoms with Gasteiger partial charge in [-0.3, -0.25) is 9.69 Å². The molecular weight excluding hydrogens is 526 g/mol. The third-order valence-electron chi connectivity index (χ3n) is 9.34. The van der Waals surface area contributed by atoms with Gasteiger partial charge in [0.25, 0.3) is 0 Å². The van der Waals surface area contributed by atoms with Crippen LogP contribution >= 0.6 is 0 Å². The molecule has 0 aliphatic carbocycles. The Kier molecular flexibility index (Phi) is 7.74. The van der Waals surface area contributed by atoms with E-state index >= 15 is 0 Å². The third-order valence-corrected chi connectivity index (χ3v) is 9.34. The van der Waals surface area contributed by atoms with Gasteiger partial charge in [-0.05, 0) is 57.3 Å². The molecule has 1 amide bonds. The van der Waals surface area contributed by atoms with Gasteiger partial charge in [-0.1, -0.05) is 43.0 Å². The predicted molar refractivity (Wildman–Crippen MR) is 165 cm³/mol. The number of hydrogen-bond acceptors (Lipinski definition) is 8. The number of carbonyl (C=O) groups excluding carboxylic acids is 1. The third kappa shape index (κ3) is 5.27. The minimum atomic E-state index is -0.231. The Hall–Kier alpha value is -4.16. The van der Waals surface area contributed by atoms with Gasteiger partial charge in [0.2, 0.25) is 5.91 Å². The summed E-state index contributed by atoms with van der Waals surface area (Å²) < 4.78 is 6.38. The Morgan fingerprint density at radius 2 is 1.98 bits per heavy atom. The van der Waals surface area contributed by atoms with Crippen molar-refractivity contribution < 1.29 is 9.53 Å². The summed E-state index contributed by atoms with van der Waals surface area (Å²) in [5.74, 6) is 0.731. The summed E-state index contributed by atoms with van der Waals surface area (Å²) in [7, 11) is 2.15. The molecule has 2 fully saturated rings. The van der Waals surface area contributed by atoms with E-state index in [4.69, 9.17) is 14.7 Å². The molecule has 1 aromatic heterocycles. The maximum Gasteiger partial charge on any atom is 0.318 e. The van der Waals surface area contributed by atoms with Crippen LogP contribution in [0.2, 0.25) is 0 Å². The molecule has 2 unspecified atom stereocenters. The van der Waals surface area contributed by atoms with Crippen LogP contribution in [0.15, 0.2) is 55.1 Å². The van der Waals surface area contributed by atoms with E-state index in [9.17, 15) is 10.1 Å². The van der Waals surface area contributed by atoms with Crippen LogP contribution in [0.3, 0.4) is 0 Å². The maximum absolute atomic E-state index is 12.5. The Bertz CT molecular complexity index is 1530. The number of fused-ring (bicyclic) bond motifs is 2. The van der Waals surface area contributed by atoms with Crippen molar-refractivity contribution in [3.05, 3.63) is 66.4 Å². The minimum Gasteiger partial charge on any atom is -0.461 e. The number of anilines is 2. The normalized spacial score (nSPS) is 22.6. The number of amides is 1. The Balaban J connectivity index is 1.34. The average Bonchev–Trinajstić information content (AvgIpc) is 3.36. The first-order chi connectivity index (χ1) is 20.4. The first kappa shape index (κ1) is 28.0. The van der Waals surface area contributed by atoms with Gasteiger partial charge < -0.3 is 19.4 Å². The Morgan fingerprint density at radius 3 is 2.76 bits per heavy atom. The molecule has 2 atom stereocenters. The van der Waals surface area contributed by atoms with E-state index in [1.807, 2.05) is 0 Å². The number of carbonyl (C=O) groups is 1. The molecule has 3 aromatic rings. The van der Waals surface area contributed by atoms with E-state index in [0.717, 1.165) is 49.4 Å². The molecular formula is C33H39N7O2. The highest BCUT2D eigenvalue weighted by atomic mass is 16.5. The summed E-state index contributed by atoms with van der Waals surface area (Å²) in [5.41, 5.74) is 3.25. The van der Waals surface area contributed by atoms with Crippen molar-refractivity contribution in [3.8, 4) is 12.1 Å². The molecule has 2 aromatic carbocycles. The first-order valence-electron chi connectivity index (χ1n) is 14.9. The highest BCUT2D eigenvalue weighted by Crippen LogP contribution is 2.35. The van der Waals surface area contributed by atoms with Crippen molar-refractivity contribution in [1.82, 2.24) is 19.8 Å². The van der Waals surface area contributed by atoms with Gasteiger partial charge >= 0.3 is 6.01 Å². The largest absolute Gasteiger partial charge is 0.461 e. The van der Waals surface area contributed by atoms with Crippen molar-refractivity contribution in [2.75, 3.05) is 56.2 Å². The van der Waals surface area contributed by atoms with E-state index in [-0.39, 0.29) is 23.9 Å². The zero-order valence-corrected chi connectivity index (χ0v) is 24.6. The zero-order valence-electron chi connectivity index (χ0n) is 24.6. The van der Waals surface area contributed by atoms with Crippen molar-refractivity contribution >= 4 is 28.2 Å². The minimum absolute atomic E-state index is 0.0526. The second-order valence-corrected chi connectivity index (χ2v) is 11.9. The molecule has 0 spiro atoms. The number of rotatable bonds is 7. The smallest absolute Gasteiger partial charge is 0.318 e. The molecule has 3 aliphatic rings. The van der Waals surface area contributed by atoms with Gasteiger partial charge in [0.15, 0.2) is 0 Å². The van der Waals surface area contributed by atoms with Gasteiger partial charge in [0, 0.05) is 42.8 Å². The van der Waals surface area contributed by atoms with Crippen LogP contribution in [0.5, 0.6) is 6.01 Å². The van der Waals surface area contributed by atoms with E-state index in [1.54, 1.807) is 4.90 Å². The average molecular weight is 566 g/mol. The number of piperazine rings is 1. The molecule has 0 saturated carbocycles. The predicted octanol–water partition coefficient (Wildman–Crippen LogP) is 4.17. The number of ether oxygens (including phenoxy) is 1. The second kappa shape index (κ2) is 11.6. The quantitative estimate of drug-likeness (QED) is 0.395. The van der Waals surface area contributed by atoms with Crippen LogP contribution in [-0.4, -0.2) is 83.6 Å². The standard InChI is InChI=1S/C33H39N7O2/c1-4-30(41)40-20-19-39(21-25(40)13-16-34)31-27-14-18-38(29-12-7-10-24-9-5-6-11-26(24)29)22-28(27)35-32(36-31)42-23-33(2)15-8-17-37(33)3/h4-7,9-12,25H,1,8,13-15,17-23H2,2-3H3. The first-order valence-corrected chi connectivity index (χ1v) is 14.9. The van der Waals surface area contributed by atoms with Gasteiger partial charge in [-0.25, -0.2) is 0 Å². The maximum atomic E-state index is 12.5. The highest BCUT2D eigenvalue weighted by molar-refractivity contribution is 5.94. The Labute approximate surface area is 248 Å². The molecule has 42 heavy (non-hydrogen) atoms. The van der Waals surface area contributed by atoms with Crippen LogP contribution < -0.4 is 14.5 Å². The monoisotopic (exact) mass is 565 g/mol. The molecule has 0 radical (unpaired) electrons. The molecule has 2 saturated heterocycles. The molecule has 6 rings (SSSR count). The number of benzene rings is 2. The van der Waals surface area contributed by atoms with Gasteiger partial charge in [-0.15, -0.1) is 0 Å². The van der Waals surface area contributed by atoms with Crippen LogP contribution in [0, 0.1) is 11.3 Å². The fraction of sp³-hybridized carbons (Fsp3) is 0.455. The zero-order chi connectivity index (χ0) is 29.3. The van der Waals surface area contributed by atoms with Crippen LogP contribution in [0.25, 0.3) is 10.8 Å². The lowest BCUT2D eigenvalue weighted by molar-refractivity contribution is -0.128. The van der Waals surface area contributed by atoms with Crippen molar-refractivity contribution in [1.29, 1.82) is 5.26 Å². The van der Waals surface area contributed by atoms with Crippen LogP contribution in [0.4, 0.5) is 11.5 Å². The van der Waals surface area contributed by atoms with E-state index in [0.29, 0.717) is 38.8 Å². The molecule has 0 bridgehead atoms. The van der Waals surface area contributed by atoms with Crippen molar-refractivity contribution in [2.24, 2.45) is 0 Å². The van der Waals surface area contributed by atoms with E-state index in [1.165, 1.54) is 22.5 Å². The lowest BCUT2D eigenvalue weighted by Crippen LogP contribution is -2.55. The number of likely N-dealkylation sites (N-methyl/N-ethyl adjacent to an activating group) is 1. The molecule has 0 N–H and O–H groups in total. The molecule has 9 nitrogen and oxygen atoms in total. The van der Waals surface area contributed by atoms with Gasteiger partial charge in [-0.2, -0.15) is 15.2 Å². The second-order valence-electron chi connectivity index (χ2n) is 11.9. The number of nitriles is 1. The van der Waals surface area contributed by atoms with Crippen LogP contribution in [-0.2, 0) is 17.8 Å². The van der Waals surface area contributed by atoms with Crippen LogP contribution in [0.1, 0.15) is 37.4 Å². The van der Waals surface area contributed by atoms with E-state index < -0.39 is 0 Å². The number of likely N-dealkylation sites (tertiary alicyclic amines) is 1. The van der Waals surface area contributed by atoms with Crippen molar-refractivity contribution in [2.45, 2.75) is 50.7 Å². The fourth-order valence-corrected chi connectivity index (χ4v) is 6.70. The molecule has 3 aliphatic heterocycles. The summed E-state index contributed by atoms with van der Waals surface area (Å²) in [6.07, 6.45) is 4.61. The lowest BCUT2D eigenvalue weighted by atomic mass is 10.0. The SMILES string of the molecule is C=CC(=O)N1CCN(c2nc(OCC3(C)CCCN3C)nc3c2CCN(c2cccc4ccccc24)C3)CC1CC#N. The summed E-state index contributed by atoms with van der Waals surface area (Å²) in [6.45, 7) is 10.6. The van der Waals surface area contributed by atoms with Crippen molar-refractivity contribution in [3.63, 3.8) is 0 Å². The molecule has 218 valence electrons. The highest BCUT2D eigenvalue weighted by Gasteiger charge is 2.36. The van der Waals surface area contributed by atoms with Gasteiger partial charge in [0.1, 0.15) is 12.4 Å². The number of aromatic nitrogens is 2. The Morgan fingerprint density at radius 1 is 1.14 bits per heavy atom. The number of hydrogen-bond donors (Lipinski definition) is 0. The summed E-state index contributed by atoms with van der Waals surface area (Å²) in [5, 5.41) is 12.0. The fourth-order valence-electron chi connectivity index (χ4n) is 6.70. The molecule has 4 heterocycles. The lowest BCUT2D eigenvalue weighted by Gasteiger charge is -2.42. The van der Waals surface area contributed by atoms with E-state index in [2.05, 4.69) is 83.8 Å². The summed E-state index contributed by atoms with van der Waals surface area (Å²) in [6, 6.07) is 17.4. The summed E-state index contributed by atoms with van der Waals surface area (Å²) >= 11 is 0. The summed E-state index contributed by atoms with van der Waals surface area (Å²) in [4.78, 5) is 31.3. The molecule has 9 heteroatoms. The van der Waals surface area contributed by atoms with Gasteiger partial charge in [0.05, 0.1) is 36.3 Å². The number of nitrogens with zero attached hydrogens (tertiary/aromatic N) is 7.